The van der Waals surface area contributed by atoms with Crippen LogP contribution in [-0.2, 0) is 4.74 Å². The van der Waals surface area contributed by atoms with Crippen LogP contribution in [0.25, 0.3) is 22.8 Å². The van der Waals surface area contributed by atoms with Crippen molar-refractivity contribution in [2.45, 2.75) is 32.4 Å². The molecular formula is C23H25N5O5. The van der Waals surface area contributed by atoms with Crippen molar-refractivity contribution in [2.24, 2.45) is 0 Å². The zero-order valence-electron chi connectivity index (χ0n) is 18.6. The van der Waals surface area contributed by atoms with Crippen molar-refractivity contribution in [3.8, 4) is 22.8 Å². The highest BCUT2D eigenvalue weighted by atomic mass is 16.6. The lowest BCUT2D eigenvalue weighted by Crippen LogP contribution is -2.50. The maximum atomic E-state index is 12.8. The molecule has 0 bridgehead atoms. The van der Waals surface area contributed by atoms with Gasteiger partial charge in [0, 0.05) is 36.8 Å². The van der Waals surface area contributed by atoms with Crippen LogP contribution < -0.4 is 5.32 Å². The predicted molar refractivity (Wildman–Crippen MR) is 120 cm³/mol. The molecule has 10 heteroatoms. The molecule has 1 aromatic heterocycles. The Balaban J connectivity index is 1.67. The number of ether oxygens (including phenoxy) is 1. The molecule has 4 rings (SSSR count). The maximum absolute atomic E-state index is 12.8. The smallest absolute Gasteiger partial charge is 0.410 e. The van der Waals surface area contributed by atoms with Crippen LogP contribution in [0.4, 0.5) is 10.5 Å². The topological polar surface area (TPSA) is 124 Å². The van der Waals surface area contributed by atoms with Crippen molar-refractivity contribution in [1.29, 1.82) is 0 Å². The van der Waals surface area contributed by atoms with Crippen LogP contribution >= 0.6 is 0 Å². The lowest BCUT2D eigenvalue weighted by molar-refractivity contribution is -0.385. The van der Waals surface area contributed by atoms with E-state index in [2.05, 4.69) is 15.5 Å². The molecule has 0 radical (unpaired) electrons. The minimum absolute atomic E-state index is 0.130. The number of nitrogens with zero attached hydrogens (tertiary/aromatic N) is 4. The number of piperazine rings is 1. The Kier molecular flexibility index (Phi) is 6.10. The molecule has 0 saturated carbocycles. The average molecular weight is 451 g/mol. The van der Waals surface area contributed by atoms with E-state index in [9.17, 15) is 14.9 Å². The molecule has 3 aromatic rings. The molecule has 1 aliphatic rings. The molecule has 1 saturated heterocycles. The van der Waals surface area contributed by atoms with E-state index in [1.165, 1.54) is 11.0 Å². The number of aromatic nitrogens is 2. The number of nitro benzene ring substituents is 1. The summed E-state index contributed by atoms with van der Waals surface area (Å²) in [6.07, 6.45) is -0.503. The second kappa shape index (κ2) is 8.99. The first kappa shape index (κ1) is 22.4. The molecule has 0 spiro atoms. The van der Waals surface area contributed by atoms with E-state index >= 15 is 0 Å². The summed E-state index contributed by atoms with van der Waals surface area (Å²) in [5.41, 5.74) is 0.808. The van der Waals surface area contributed by atoms with Gasteiger partial charge < -0.3 is 14.6 Å². The first-order valence-corrected chi connectivity index (χ1v) is 10.6. The molecule has 1 amide bonds. The molecule has 172 valence electrons. The monoisotopic (exact) mass is 451 g/mol. The molecule has 10 nitrogen and oxygen atoms in total. The number of carbonyl (C=O) groups is 1. The minimum Gasteiger partial charge on any atom is -0.444 e. The van der Waals surface area contributed by atoms with Crippen molar-refractivity contribution in [3.05, 3.63) is 64.2 Å². The quantitative estimate of drug-likeness (QED) is 0.462. The lowest BCUT2D eigenvalue weighted by atomic mass is 9.99. The number of amides is 1. The summed E-state index contributed by atoms with van der Waals surface area (Å²) in [7, 11) is 0. The second-order valence-corrected chi connectivity index (χ2v) is 8.71. The van der Waals surface area contributed by atoms with Crippen LogP contribution in [0.2, 0.25) is 0 Å². The van der Waals surface area contributed by atoms with Crippen LogP contribution in [0.5, 0.6) is 0 Å². The maximum Gasteiger partial charge on any atom is 0.410 e. The Hall–Kier alpha value is -3.79. The van der Waals surface area contributed by atoms with Crippen molar-refractivity contribution < 1.29 is 19.0 Å². The van der Waals surface area contributed by atoms with Crippen molar-refractivity contribution >= 4 is 11.8 Å². The molecule has 2 heterocycles. The van der Waals surface area contributed by atoms with Crippen LogP contribution in [0.3, 0.4) is 0 Å². The first-order valence-electron chi connectivity index (χ1n) is 10.6. The molecule has 33 heavy (non-hydrogen) atoms. The van der Waals surface area contributed by atoms with Gasteiger partial charge in [-0.3, -0.25) is 15.0 Å². The summed E-state index contributed by atoms with van der Waals surface area (Å²) in [5, 5.41) is 19.1. The fourth-order valence-electron chi connectivity index (χ4n) is 3.68. The van der Waals surface area contributed by atoms with Crippen LogP contribution in [0.1, 0.15) is 32.4 Å². The van der Waals surface area contributed by atoms with Gasteiger partial charge >= 0.3 is 6.09 Å². The Bertz CT molecular complexity index is 1160. The average Bonchev–Trinajstić information content (AvgIpc) is 3.28. The number of hydrogen-bond acceptors (Lipinski definition) is 8. The van der Waals surface area contributed by atoms with Gasteiger partial charge in [-0.05, 0) is 32.9 Å². The standard InChI is InChI=1S/C23H25N5O5/c1-23(2,3)32-22(29)27-12-11-24-14-19(27)17-10-9-16(13-18(17)28(30)31)21-25-20(26-33-21)15-7-5-4-6-8-15/h4-10,13,19,24H,11-12,14H2,1-3H3. The minimum atomic E-state index is -0.670. The van der Waals surface area contributed by atoms with E-state index < -0.39 is 22.7 Å². The van der Waals surface area contributed by atoms with Gasteiger partial charge in [0.2, 0.25) is 5.82 Å². The largest absolute Gasteiger partial charge is 0.444 e. The van der Waals surface area contributed by atoms with Gasteiger partial charge in [0.15, 0.2) is 0 Å². The van der Waals surface area contributed by atoms with Gasteiger partial charge in [-0.25, -0.2) is 4.79 Å². The Morgan fingerprint density at radius 2 is 1.97 bits per heavy atom. The first-order chi connectivity index (χ1) is 15.7. The zero-order chi connectivity index (χ0) is 23.6. The van der Waals surface area contributed by atoms with Gasteiger partial charge in [0.1, 0.15) is 5.60 Å². The molecule has 1 atom stereocenters. The molecule has 0 aliphatic carbocycles. The molecular weight excluding hydrogens is 426 g/mol. The summed E-state index contributed by atoms with van der Waals surface area (Å²) < 4.78 is 10.9. The van der Waals surface area contributed by atoms with E-state index in [0.717, 1.165) is 5.56 Å². The van der Waals surface area contributed by atoms with E-state index in [4.69, 9.17) is 9.26 Å². The number of rotatable bonds is 4. The molecule has 1 N–H and O–H groups in total. The number of nitrogens with one attached hydrogen (secondary N) is 1. The van der Waals surface area contributed by atoms with E-state index in [0.29, 0.717) is 36.6 Å². The number of hydrogen-bond donors (Lipinski definition) is 1. The summed E-state index contributed by atoms with van der Waals surface area (Å²) in [5.74, 6) is 0.569. The molecule has 1 aliphatic heterocycles. The van der Waals surface area contributed by atoms with Crippen LogP contribution in [0, 0.1) is 10.1 Å². The fourth-order valence-corrected chi connectivity index (χ4v) is 3.68. The Morgan fingerprint density at radius 3 is 2.67 bits per heavy atom. The fraction of sp³-hybridized carbons (Fsp3) is 0.348. The van der Waals surface area contributed by atoms with E-state index in [1.807, 2.05) is 30.3 Å². The highest BCUT2D eigenvalue weighted by molar-refractivity contribution is 5.70. The van der Waals surface area contributed by atoms with Crippen molar-refractivity contribution in [3.63, 3.8) is 0 Å². The summed E-state index contributed by atoms with van der Waals surface area (Å²) >= 11 is 0. The summed E-state index contributed by atoms with van der Waals surface area (Å²) in [4.78, 5) is 30.2. The van der Waals surface area contributed by atoms with E-state index in [1.54, 1.807) is 32.9 Å². The third kappa shape index (κ3) is 5.01. The predicted octanol–water partition coefficient (Wildman–Crippen LogP) is 4.19. The third-order valence-electron chi connectivity index (χ3n) is 5.16. The number of benzene rings is 2. The van der Waals surface area contributed by atoms with Crippen LogP contribution in [0.15, 0.2) is 53.1 Å². The SMILES string of the molecule is CC(C)(C)OC(=O)N1CCNCC1c1ccc(-c2nc(-c3ccccc3)no2)cc1[N+](=O)[O-]. The highest BCUT2D eigenvalue weighted by Gasteiger charge is 2.35. The summed E-state index contributed by atoms with van der Waals surface area (Å²) in [6, 6.07) is 13.5. The molecule has 2 aromatic carbocycles. The van der Waals surface area contributed by atoms with Gasteiger partial charge in [0.25, 0.3) is 11.6 Å². The zero-order valence-corrected chi connectivity index (χ0v) is 18.6. The number of nitro groups is 1. The second-order valence-electron chi connectivity index (χ2n) is 8.71. The van der Waals surface area contributed by atoms with Crippen LogP contribution in [-0.4, -0.2) is 51.3 Å². The van der Waals surface area contributed by atoms with Crippen molar-refractivity contribution in [1.82, 2.24) is 20.4 Å². The van der Waals surface area contributed by atoms with Gasteiger partial charge in [-0.2, -0.15) is 4.98 Å². The Morgan fingerprint density at radius 1 is 1.21 bits per heavy atom. The molecule has 1 fully saturated rings. The third-order valence-corrected chi connectivity index (χ3v) is 5.16. The summed E-state index contributed by atoms with van der Waals surface area (Å²) in [6.45, 7) is 6.68. The lowest BCUT2D eigenvalue weighted by Gasteiger charge is -2.37. The van der Waals surface area contributed by atoms with E-state index in [-0.39, 0.29) is 11.6 Å². The normalized spacial score (nSPS) is 16.5. The molecule has 1 unspecified atom stereocenters. The Labute approximate surface area is 190 Å². The van der Waals surface area contributed by atoms with Crippen molar-refractivity contribution in [2.75, 3.05) is 19.6 Å². The van der Waals surface area contributed by atoms with Gasteiger partial charge in [-0.15, -0.1) is 0 Å². The number of carbonyl (C=O) groups excluding carboxylic acids is 1. The van der Waals surface area contributed by atoms with Gasteiger partial charge in [-0.1, -0.05) is 35.5 Å². The van der Waals surface area contributed by atoms with Gasteiger partial charge in [0.05, 0.1) is 16.5 Å². The highest BCUT2D eigenvalue weighted by Crippen LogP contribution is 2.35.